The molecule has 1 aromatic carbocycles. The fourth-order valence-corrected chi connectivity index (χ4v) is 6.31. The summed E-state index contributed by atoms with van der Waals surface area (Å²) < 4.78 is 0. The van der Waals surface area contributed by atoms with Crippen molar-refractivity contribution in [2.75, 3.05) is 6.54 Å². The highest BCUT2D eigenvalue weighted by atomic mass is 16.1. The minimum absolute atomic E-state index is 0.00504. The van der Waals surface area contributed by atoms with Crippen molar-refractivity contribution in [3.63, 3.8) is 0 Å². The van der Waals surface area contributed by atoms with Gasteiger partial charge in [-0.25, -0.2) is 5.10 Å². The Balaban J connectivity index is 1.29. The maximum absolute atomic E-state index is 12.6. The Morgan fingerprint density at radius 3 is 2.35 bits per heavy atom. The number of aromatic nitrogens is 2. The summed E-state index contributed by atoms with van der Waals surface area (Å²) in [5.41, 5.74) is 0.770. The Morgan fingerprint density at radius 2 is 1.69 bits per heavy atom. The third-order valence-corrected chi connectivity index (χ3v) is 6.93. The molecule has 5 heteroatoms. The molecule has 0 atom stereocenters. The van der Waals surface area contributed by atoms with E-state index < -0.39 is 0 Å². The topological polar surface area (TPSA) is 74.8 Å². The normalized spacial score (nSPS) is 32.1. The lowest BCUT2D eigenvalue weighted by Gasteiger charge is -2.56. The van der Waals surface area contributed by atoms with Crippen LogP contribution in [0.1, 0.15) is 44.2 Å². The molecule has 0 saturated heterocycles. The first kappa shape index (κ1) is 16.0. The van der Waals surface area contributed by atoms with Crippen molar-refractivity contribution in [1.82, 2.24) is 15.5 Å². The van der Waals surface area contributed by atoms with Crippen molar-refractivity contribution in [2.24, 2.45) is 23.2 Å². The first-order valence-corrected chi connectivity index (χ1v) is 9.83. The number of fused-ring (bicyclic) bond motifs is 1. The van der Waals surface area contributed by atoms with Crippen molar-refractivity contribution >= 4 is 16.7 Å². The molecule has 0 spiro atoms. The Morgan fingerprint density at radius 1 is 1.08 bits per heavy atom. The monoisotopic (exact) mass is 351 g/mol. The maximum atomic E-state index is 12.6. The molecule has 0 radical (unpaired) electrons. The number of benzene rings is 1. The van der Waals surface area contributed by atoms with Crippen LogP contribution in [0.5, 0.6) is 0 Å². The van der Waals surface area contributed by atoms with Crippen LogP contribution < -0.4 is 10.9 Å². The molecule has 4 aliphatic carbocycles. The van der Waals surface area contributed by atoms with Gasteiger partial charge in [-0.1, -0.05) is 18.2 Å². The second kappa shape index (κ2) is 5.93. The van der Waals surface area contributed by atoms with E-state index in [1.807, 2.05) is 18.2 Å². The van der Waals surface area contributed by atoms with Gasteiger partial charge in [-0.15, -0.1) is 0 Å². The zero-order valence-electron chi connectivity index (χ0n) is 15.0. The van der Waals surface area contributed by atoms with Gasteiger partial charge in [0.1, 0.15) is 0 Å². The van der Waals surface area contributed by atoms with E-state index in [-0.39, 0.29) is 17.9 Å². The number of hydrogen-bond donors (Lipinski definition) is 2. The smallest absolute Gasteiger partial charge is 0.272 e. The Kier molecular flexibility index (Phi) is 3.66. The van der Waals surface area contributed by atoms with Gasteiger partial charge in [0, 0.05) is 11.9 Å². The molecule has 1 heterocycles. The first-order chi connectivity index (χ1) is 12.6. The predicted octanol–water partition coefficient (Wildman–Crippen LogP) is 2.80. The van der Waals surface area contributed by atoms with Crippen LogP contribution in [-0.2, 0) is 11.2 Å². The van der Waals surface area contributed by atoms with Crippen molar-refractivity contribution in [1.29, 1.82) is 0 Å². The summed E-state index contributed by atoms with van der Waals surface area (Å²) in [6.07, 6.45) is 8.34. The van der Waals surface area contributed by atoms with E-state index in [1.54, 1.807) is 6.07 Å². The van der Waals surface area contributed by atoms with Crippen LogP contribution in [-0.4, -0.2) is 22.6 Å². The molecule has 2 N–H and O–H groups in total. The number of H-pyrrole nitrogens is 1. The van der Waals surface area contributed by atoms with E-state index in [1.165, 1.54) is 38.5 Å². The van der Waals surface area contributed by atoms with Crippen LogP contribution in [0.3, 0.4) is 0 Å². The summed E-state index contributed by atoms with van der Waals surface area (Å²) in [6, 6.07) is 7.33. The molecule has 2 aromatic rings. The van der Waals surface area contributed by atoms with E-state index >= 15 is 0 Å². The molecule has 0 aliphatic heterocycles. The third kappa shape index (κ3) is 2.74. The van der Waals surface area contributed by atoms with Crippen molar-refractivity contribution in [2.45, 2.75) is 44.9 Å². The lowest BCUT2D eigenvalue weighted by Crippen LogP contribution is -2.51. The van der Waals surface area contributed by atoms with Crippen molar-refractivity contribution in [3.8, 4) is 0 Å². The Labute approximate surface area is 152 Å². The quantitative estimate of drug-likeness (QED) is 0.889. The second-order valence-electron chi connectivity index (χ2n) is 8.92. The van der Waals surface area contributed by atoms with Crippen LogP contribution in [0.25, 0.3) is 10.8 Å². The molecule has 4 aliphatic rings. The molecular formula is C21H25N3O2. The van der Waals surface area contributed by atoms with Gasteiger partial charge in [0.25, 0.3) is 5.56 Å². The third-order valence-electron chi connectivity index (χ3n) is 6.93. The molecule has 26 heavy (non-hydrogen) atoms. The van der Waals surface area contributed by atoms with Gasteiger partial charge in [0.05, 0.1) is 17.5 Å². The number of carbonyl (C=O) groups is 1. The fraction of sp³-hybridized carbons (Fsp3) is 0.571. The van der Waals surface area contributed by atoms with Gasteiger partial charge < -0.3 is 5.32 Å². The first-order valence-electron chi connectivity index (χ1n) is 9.83. The van der Waals surface area contributed by atoms with Gasteiger partial charge in [0.2, 0.25) is 5.91 Å². The van der Waals surface area contributed by atoms with Crippen LogP contribution in [0.15, 0.2) is 29.1 Å². The molecule has 4 bridgehead atoms. The summed E-state index contributed by atoms with van der Waals surface area (Å²) in [5, 5.41) is 11.2. The summed E-state index contributed by atoms with van der Waals surface area (Å²) in [7, 11) is 0. The number of nitrogens with zero attached hydrogens (tertiary/aromatic N) is 1. The molecule has 5 nitrogen and oxygen atoms in total. The second-order valence-corrected chi connectivity index (χ2v) is 8.92. The average molecular weight is 351 g/mol. The summed E-state index contributed by atoms with van der Waals surface area (Å²) >= 11 is 0. The van der Waals surface area contributed by atoms with Gasteiger partial charge in [-0.05, 0) is 67.8 Å². The number of hydrogen-bond acceptors (Lipinski definition) is 3. The maximum Gasteiger partial charge on any atom is 0.272 e. The molecule has 4 saturated carbocycles. The minimum Gasteiger partial charge on any atom is -0.355 e. The molecular weight excluding hydrogens is 326 g/mol. The minimum atomic E-state index is -0.210. The van der Waals surface area contributed by atoms with Crippen LogP contribution in [0.4, 0.5) is 0 Å². The number of nitrogens with one attached hydrogen (secondary N) is 2. The highest BCUT2D eigenvalue weighted by Gasteiger charge is 2.50. The largest absolute Gasteiger partial charge is 0.355 e. The number of amides is 1. The molecule has 1 aromatic heterocycles. The fourth-order valence-electron chi connectivity index (χ4n) is 6.31. The van der Waals surface area contributed by atoms with E-state index in [0.29, 0.717) is 16.5 Å². The van der Waals surface area contributed by atoms with Crippen LogP contribution >= 0.6 is 0 Å². The van der Waals surface area contributed by atoms with Gasteiger partial charge in [0.15, 0.2) is 0 Å². The number of carbonyl (C=O) groups excluding carboxylic acids is 1. The van der Waals surface area contributed by atoms with E-state index in [9.17, 15) is 9.59 Å². The van der Waals surface area contributed by atoms with Gasteiger partial charge in [-0.3, -0.25) is 9.59 Å². The summed E-state index contributed by atoms with van der Waals surface area (Å²) in [5.74, 6) is 2.68. The average Bonchev–Trinajstić information content (AvgIpc) is 2.62. The van der Waals surface area contributed by atoms with Crippen LogP contribution in [0, 0.1) is 23.2 Å². The Hall–Kier alpha value is -2.17. The highest BCUT2D eigenvalue weighted by molar-refractivity contribution is 5.88. The highest BCUT2D eigenvalue weighted by Crippen LogP contribution is 2.59. The van der Waals surface area contributed by atoms with E-state index in [2.05, 4.69) is 15.5 Å². The van der Waals surface area contributed by atoms with E-state index in [4.69, 9.17) is 0 Å². The molecule has 1 amide bonds. The number of rotatable bonds is 4. The standard InChI is InChI=1S/C21H25N3O2/c25-19(8-18-16-3-1-2-4-17(16)20(26)24-23-18)22-12-21-9-13-5-14(10-21)7-15(6-13)11-21/h1-4,13-15H,5-12H2,(H,22,25)(H,24,26). The zero-order valence-corrected chi connectivity index (χ0v) is 15.0. The molecule has 0 unspecified atom stereocenters. The SMILES string of the molecule is O=C(Cc1n[nH]c(=O)c2ccccc12)NCC12CC3CC(CC(C3)C1)C2. The zero-order chi connectivity index (χ0) is 17.7. The molecule has 4 fully saturated rings. The summed E-state index contributed by atoms with van der Waals surface area (Å²) in [6.45, 7) is 0.802. The van der Waals surface area contributed by atoms with Gasteiger partial charge in [-0.2, -0.15) is 5.10 Å². The van der Waals surface area contributed by atoms with Gasteiger partial charge >= 0.3 is 0 Å². The van der Waals surface area contributed by atoms with Crippen LogP contribution in [0.2, 0.25) is 0 Å². The predicted molar refractivity (Wildman–Crippen MR) is 99.7 cm³/mol. The lowest BCUT2D eigenvalue weighted by molar-refractivity contribution is -0.122. The van der Waals surface area contributed by atoms with Crippen molar-refractivity contribution < 1.29 is 4.79 Å². The number of aromatic amines is 1. The van der Waals surface area contributed by atoms with E-state index in [0.717, 1.165) is 29.7 Å². The summed E-state index contributed by atoms with van der Waals surface area (Å²) in [4.78, 5) is 24.5. The Bertz CT molecular complexity index is 882. The molecule has 136 valence electrons. The van der Waals surface area contributed by atoms with Crippen molar-refractivity contribution in [3.05, 3.63) is 40.3 Å². The molecule has 6 rings (SSSR count). The lowest BCUT2D eigenvalue weighted by atomic mass is 9.49.